The second kappa shape index (κ2) is 6.00. The van der Waals surface area contributed by atoms with Crippen LogP contribution in [0.1, 0.15) is 40.6 Å². The molecule has 0 N–H and O–H groups in total. The highest BCUT2D eigenvalue weighted by Gasteiger charge is 2.33. The largest absolute Gasteiger partial charge is 0.416 e. The summed E-state index contributed by atoms with van der Waals surface area (Å²) in [5.41, 5.74) is 2.91. The maximum atomic E-state index is 12.7. The van der Waals surface area contributed by atoms with Crippen LogP contribution in [0.2, 0.25) is 0 Å². The second-order valence-electron chi connectivity index (χ2n) is 6.42. The molecule has 1 fully saturated rings. The minimum Gasteiger partial charge on any atom is -0.299 e. The molecule has 0 radical (unpaired) electrons. The van der Waals surface area contributed by atoms with Crippen LogP contribution in [0.5, 0.6) is 0 Å². The smallest absolute Gasteiger partial charge is 0.299 e. The van der Waals surface area contributed by atoms with Gasteiger partial charge in [0.25, 0.3) is 0 Å². The van der Waals surface area contributed by atoms with Crippen molar-refractivity contribution in [2.24, 2.45) is 0 Å². The van der Waals surface area contributed by atoms with Crippen molar-refractivity contribution in [3.05, 3.63) is 70.8 Å². The Morgan fingerprint density at radius 1 is 0.913 bits per heavy atom. The zero-order valence-corrected chi connectivity index (χ0v) is 13.3. The number of hydrogen-bond donors (Lipinski definition) is 0. The van der Waals surface area contributed by atoms with Gasteiger partial charge in [-0.2, -0.15) is 13.2 Å². The Morgan fingerprint density at radius 2 is 1.48 bits per heavy atom. The van der Waals surface area contributed by atoms with E-state index in [1.54, 1.807) is 12.1 Å². The number of rotatable bonds is 2. The number of likely N-dealkylation sites (N-methyl/N-ethyl adjacent to an activating group) is 1. The topological polar surface area (TPSA) is 3.24 Å². The van der Waals surface area contributed by atoms with Gasteiger partial charge in [0.2, 0.25) is 0 Å². The van der Waals surface area contributed by atoms with E-state index in [0.29, 0.717) is 6.04 Å². The molecule has 0 bridgehead atoms. The number of aryl methyl sites for hydroxylation is 1. The van der Waals surface area contributed by atoms with Crippen LogP contribution in [-0.4, -0.2) is 18.5 Å². The lowest BCUT2D eigenvalue weighted by molar-refractivity contribution is -0.137. The fourth-order valence-corrected chi connectivity index (χ4v) is 3.36. The molecule has 2 aromatic rings. The molecule has 3 rings (SSSR count). The van der Waals surface area contributed by atoms with Crippen molar-refractivity contribution in [1.82, 2.24) is 4.90 Å². The lowest BCUT2D eigenvalue weighted by atomic mass is 9.93. The first kappa shape index (κ1) is 16.1. The van der Waals surface area contributed by atoms with Crippen molar-refractivity contribution in [3.63, 3.8) is 0 Å². The van der Waals surface area contributed by atoms with E-state index in [0.717, 1.165) is 18.5 Å². The number of hydrogen-bond acceptors (Lipinski definition) is 1. The molecule has 0 spiro atoms. The predicted octanol–water partition coefficient (Wildman–Crippen LogP) is 5.17. The molecule has 1 aliphatic heterocycles. The average Bonchev–Trinajstić information content (AvgIpc) is 2.89. The molecule has 1 heterocycles. The highest BCUT2D eigenvalue weighted by Crippen LogP contribution is 2.40. The Morgan fingerprint density at radius 3 is 2.04 bits per heavy atom. The third-order valence-electron chi connectivity index (χ3n) is 4.72. The van der Waals surface area contributed by atoms with Gasteiger partial charge in [0, 0.05) is 12.6 Å². The van der Waals surface area contributed by atoms with Crippen LogP contribution in [0, 0.1) is 6.92 Å². The van der Waals surface area contributed by atoms with Crippen molar-refractivity contribution in [2.45, 2.75) is 31.5 Å². The van der Waals surface area contributed by atoms with Crippen molar-refractivity contribution < 1.29 is 13.2 Å². The van der Waals surface area contributed by atoms with Gasteiger partial charge in [0.1, 0.15) is 0 Å². The summed E-state index contributed by atoms with van der Waals surface area (Å²) in [4.78, 5) is 2.28. The Hall–Kier alpha value is -1.81. The number of alkyl halides is 3. The molecule has 2 unspecified atom stereocenters. The molecule has 0 saturated carbocycles. The van der Waals surface area contributed by atoms with Gasteiger partial charge in [-0.1, -0.05) is 42.0 Å². The first-order valence-corrected chi connectivity index (χ1v) is 7.78. The van der Waals surface area contributed by atoms with E-state index >= 15 is 0 Å². The molecular formula is C19H20F3N. The molecule has 1 aliphatic rings. The third-order valence-corrected chi connectivity index (χ3v) is 4.72. The van der Waals surface area contributed by atoms with Crippen molar-refractivity contribution in [3.8, 4) is 0 Å². The van der Waals surface area contributed by atoms with E-state index in [2.05, 4.69) is 43.1 Å². The standard InChI is InChI=1S/C19H20F3N/c1-13-3-5-15(6-4-13)18-11-16(12-23(18)2)14-7-9-17(10-8-14)19(20,21)22/h3-10,16,18H,11-12H2,1-2H3. The molecule has 0 aliphatic carbocycles. The van der Waals surface area contributed by atoms with Crippen LogP contribution in [0.4, 0.5) is 13.2 Å². The quantitative estimate of drug-likeness (QED) is 0.738. The van der Waals surface area contributed by atoms with E-state index in [-0.39, 0.29) is 5.92 Å². The normalized spacial score (nSPS) is 22.5. The summed E-state index contributed by atoms with van der Waals surface area (Å²) in [6.07, 6.45) is -3.33. The van der Waals surface area contributed by atoms with Gasteiger partial charge in [-0.3, -0.25) is 4.90 Å². The molecule has 0 amide bonds. The van der Waals surface area contributed by atoms with Crippen molar-refractivity contribution >= 4 is 0 Å². The summed E-state index contributed by atoms with van der Waals surface area (Å²) in [5, 5.41) is 0. The van der Waals surface area contributed by atoms with Crippen LogP contribution < -0.4 is 0 Å². The molecular weight excluding hydrogens is 299 g/mol. The monoisotopic (exact) mass is 319 g/mol. The first-order chi connectivity index (χ1) is 10.8. The van der Waals surface area contributed by atoms with Crippen molar-refractivity contribution in [2.75, 3.05) is 13.6 Å². The van der Waals surface area contributed by atoms with Gasteiger partial charge in [-0.05, 0) is 49.6 Å². The highest BCUT2D eigenvalue weighted by molar-refractivity contribution is 5.31. The molecule has 2 atom stereocenters. The van der Waals surface area contributed by atoms with Gasteiger partial charge >= 0.3 is 6.18 Å². The van der Waals surface area contributed by atoms with E-state index in [4.69, 9.17) is 0 Å². The van der Waals surface area contributed by atoms with E-state index in [1.165, 1.54) is 23.3 Å². The Bertz CT molecular complexity index is 659. The minimum atomic E-state index is -4.27. The Kier molecular flexibility index (Phi) is 4.19. The maximum absolute atomic E-state index is 12.7. The number of nitrogens with zero attached hydrogens (tertiary/aromatic N) is 1. The molecule has 122 valence electrons. The molecule has 2 aromatic carbocycles. The molecule has 4 heteroatoms. The predicted molar refractivity (Wildman–Crippen MR) is 85.4 cm³/mol. The SMILES string of the molecule is Cc1ccc(C2CC(c3ccc(C(F)(F)F)cc3)CN2C)cc1. The van der Waals surface area contributed by atoms with Gasteiger partial charge in [0.15, 0.2) is 0 Å². The Balaban J connectivity index is 1.77. The Labute approximate surface area is 134 Å². The van der Waals surface area contributed by atoms with Gasteiger partial charge in [-0.25, -0.2) is 0 Å². The number of benzene rings is 2. The number of halogens is 3. The van der Waals surface area contributed by atoms with E-state index in [9.17, 15) is 13.2 Å². The fraction of sp³-hybridized carbons (Fsp3) is 0.368. The zero-order chi connectivity index (χ0) is 16.6. The van der Waals surface area contributed by atoms with Gasteiger partial charge in [-0.15, -0.1) is 0 Å². The summed E-state index contributed by atoms with van der Waals surface area (Å²) in [5.74, 6) is 0.272. The van der Waals surface area contributed by atoms with E-state index < -0.39 is 11.7 Å². The molecule has 1 nitrogen and oxygen atoms in total. The summed E-state index contributed by atoms with van der Waals surface area (Å²) in [6.45, 7) is 2.93. The van der Waals surface area contributed by atoms with Crippen LogP contribution in [0.15, 0.2) is 48.5 Å². The van der Waals surface area contributed by atoms with Gasteiger partial charge < -0.3 is 0 Å². The minimum absolute atomic E-state index is 0.272. The molecule has 23 heavy (non-hydrogen) atoms. The third kappa shape index (κ3) is 3.42. The molecule has 1 saturated heterocycles. The summed E-state index contributed by atoms with van der Waals surface area (Å²) in [6, 6.07) is 14.4. The summed E-state index contributed by atoms with van der Waals surface area (Å²) in [7, 11) is 2.08. The summed E-state index contributed by atoms with van der Waals surface area (Å²) >= 11 is 0. The lowest BCUT2D eigenvalue weighted by Crippen LogP contribution is -2.18. The van der Waals surface area contributed by atoms with Crippen LogP contribution in [0.25, 0.3) is 0 Å². The molecule has 0 aromatic heterocycles. The van der Waals surface area contributed by atoms with Crippen LogP contribution >= 0.6 is 0 Å². The number of likely N-dealkylation sites (tertiary alicyclic amines) is 1. The second-order valence-corrected chi connectivity index (χ2v) is 6.42. The van der Waals surface area contributed by atoms with Gasteiger partial charge in [0.05, 0.1) is 5.56 Å². The lowest BCUT2D eigenvalue weighted by Gasteiger charge is -2.19. The van der Waals surface area contributed by atoms with Crippen molar-refractivity contribution in [1.29, 1.82) is 0 Å². The van der Waals surface area contributed by atoms with Crippen LogP contribution in [-0.2, 0) is 6.18 Å². The zero-order valence-electron chi connectivity index (χ0n) is 13.3. The average molecular weight is 319 g/mol. The maximum Gasteiger partial charge on any atom is 0.416 e. The van der Waals surface area contributed by atoms with E-state index in [1.807, 2.05) is 0 Å². The van der Waals surface area contributed by atoms with Crippen LogP contribution in [0.3, 0.4) is 0 Å². The highest BCUT2D eigenvalue weighted by atomic mass is 19.4. The first-order valence-electron chi connectivity index (χ1n) is 7.78. The summed E-state index contributed by atoms with van der Waals surface area (Å²) < 4.78 is 38.0. The fourth-order valence-electron chi connectivity index (χ4n) is 3.36.